The molecule has 0 radical (unpaired) electrons. The van der Waals surface area contributed by atoms with Gasteiger partial charge < -0.3 is 20.6 Å². The number of fused-ring (bicyclic) bond motifs is 4. The second-order valence-electron chi connectivity index (χ2n) is 10.7. The molecule has 1 aliphatic carbocycles. The number of aromatic nitrogens is 4. The zero-order valence-corrected chi connectivity index (χ0v) is 22.5. The van der Waals surface area contributed by atoms with Gasteiger partial charge in [0.05, 0.1) is 28.1 Å². The first-order valence-electron chi connectivity index (χ1n) is 13.1. The zero-order chi connectivity index (χ0) is 24.7. The van der Waals surface area contributed by atoms with E-state index in [1.165, 1.54) is 19.3 Å². The molecular weight excluding hydrogens is 548 g/mol. The number of H-pyrrole nitrogens is 2. The Balaban J connectivity index is 1.11. The van der Waals surface area contributed by atoms with Crippen LogP contribution in [-0.4, -0.2) is 32.5 Å². The van der Waals surface area contributed by atoms with Crippen LogP contribution in [0.3, 0.4) is 0 Å². The van der Waals surface area contributed by atoms with Crippen LogP contribution in [0.4, 0.5) is 0 Å². The second-order valence-corrected chi connectivity index (χ2v) is 11.9. The van der Waals surface area contributed by atoms with E-state index in [4.69, 9.17) is 21.6 Å². The van der Waals surface area contributed by atoms with Crippen LogP contribution in [0.1, 0.15) is 49.4 Å². The Labute approximate surface area is 227 Å². The maximum Gasteiger partial charge on any atom is 0.124 e. The van der Waals surface area contributed by atoms with Crippen molar-refractivity contribution in [2.75, 3.05) is 6.54 Å². The van der Waals surface area contributed by atoms with Gasteiger partial charge in [0.15, 0.2) is 0 Å². The monoisotopic (exact) mass is 572 g/mol. The van der Waals surface area contributed by atoms with Crippen LogP contribution in [0.5, 0.6) is 0 Å². The van der Waals surface area contributed by atoms with Crippen LogP contribution in [0.25, 0.3) is 44.2 Å². The summed E-state index contributed by atoms with van der Waals surface area (Å²) in [6, 6.07) is 18.4. The molecule has 4 N–H and O–H groups in total. The van der Waals surface area contributed by atoms with Crippen LogP contribution in [0.15, 0.2) is 53.1 Å². The van der Waals surface area contributed by atoms with Gasteiger partial charge in [-0.1, -0.05) is 48.0 Å². The molecule has 3 aliphatic rings. The van der Waals surface area contributed by atoms with E-state index in [9.17, 15) is 0 Å². The normalized spacial score (nSPS) is 24.8. The van der Waals surface area contributed by atoms with Gasteiger partial charge >= 0.3 is 0 Å². The van der Waals surface area contributed by atoms with Crippen molar-refractivity contribution >= 4 is 49.3 Å². The number of aromatic amines is 2. The molecule has 4 heterocycles. The van der Waals surface area contributed by atoms with Gasteiger partial charge in [-0.15, -0.1) is 0 Å². The van der Waals surface area contributed by atoms with E-state index < -0.39 is 0 Å². The summed E-state index contributed by atoms with van der Waals surface area (Å²) in [5, 5.41) is 10.0. The molecule has 0 amide bonds. The summed E-state index contributed by atoms with van der Waals surface area (Å²) in [5.74, 6) is 2.87. The summed E-state index contributed by atoms with van der Waals surface area (Å²) in [4.78, 5) is 16.8. The maximum atomic E-state index is 6.77. The van der Waals surface area contributed by atoms with Gasteiger partial charge in [0, 0.05) is 22.4 Å². The number of imidazole rings is 2. The molecule has 3 fully saturated rings. The molecule has 2 aromatic heterocycles. The lowest BCUT2D eigenvalue weighted by molar-refractivity contribution is 0.543. The van der Waals surface area contributed by atoms with Crippen molar-refractivity contribution < 1.29 is 0 Å². The molecule has 4 unspecified atom stereocenters. The van der Waals surface area contributed by atoms with E-state index in [1.54, 1.807) is 0 Å². The minimum atomic E-state index is 0.296. The number of hydrogen-bond acceptors (Lipinski definition) is 4. The molecule has 186 valence electrons. The van der Waals surface area contributed by atoms with Crippen LogP contribution >= 0.6 is 27.5 Å². The summed E-state index contributed by atoms with van der Waals surface area (Å²) >= 11 is 10.5. The Morgan fingerprint density at radius 2 is 1.65 bits per heavy atom. The van der Waals surface area contributed by atoms with E-state index >= 15 is 0 Å². The first kappa shape index (κ1) is 22.3. The first-order chi connectivity index (χ1) is 18.1. The Bertz CT molecular complexity index is 1660. The van der Waals surface area contributed by atoms with Crippen molar-refractivity contribution in [2.24, 2.45) is 5.92 Å². The van der Waals surface area contributed by atoms with E-state index in [-0.39, 0.29) is 0 Å². The summed E-state index contributed by atoms with van der Waals surface area (Å²) in [6.07, 6.45) is 4.79. The molecule has 2 saturated heterocycles. The molecule has 2 aliphatic heterocycles. The van der Waals surface area contributed by atoms with Gasteiger partial charge in [-0.2, -0.15) is 0 Å². The molecule has 8 rings (SSSR count). The number of nitrogens with one attached hydrogen (secondary N) is 4. The summed E-state index contributed by atoms with van der Waals surface area (Å²) in [5.41, 5.74) is 6.30. The molecule has 0 bridgehead atoms. The highest BCUT2D eigenvalue weighted by Crippen LogP contribution is 2.46. The Hall–Kier alpha value is -2.71. The van der Waals surface area contributed by atoms with E-state index in [2.05, 4.69) is 79.0 Å². The lowest BCUT2D eigenvalue weighted by atomic mass is 9.99. The number of nitrogens with zero attached hydrogens (tertiary/aromatic N) is 2. The third-order valence-corrected chi connectivity index (χ3v) is 9.21. The smallest absolute Gasteiger partial charge is 0.124 e. The topological polar surface area (TPSA) is 81.4 Å². The molecule has 37 heavy (non-hydrogen) atoms. The molecule has 5 aromatic rings. The molecule has 4 atom stereocenters. The summed E-state index contributed by atoms with van der Waals surface area (Å²) in [7, 11) is 0. The molecule has 0 spiro atoms. The lowest BCUT2D eigenvalue weighted by Crippen LogP contribution is -2.18. The first-order valence-corrected chi connectivity index (χ1v) is 14.3. The van der Waals surface area contributed by atoms with Crippen LogP contribution in [0.2, 0.25) is 5.02 Å². The van der Waals surface area contributed by atoms with Crippen molar-refractivity contribution in [2.45, 2.75) is 43.8 Å². The SMILES string of the molecule is Clc1cc2[nH]c(C3CCCN3)nc2c2ccc(-c3ccc(-c4nc(C5CC6CC6N5)[nH]c4Br)cc3)cc12. The predicted octanol–water partition coefficient (Wildman–Crippen LogP) is 7.04. The Morgan fingerprint density at radius 3 is 2.43 bits per heavy atom. The predicted molar refractivity (Wildman–Crippen MR) is 152 cm³/mol. The second kappa shape index (κ2) is 8.40. The largest absolute Gasteiger partial charge is 0.341 e. The Kier molecular flexibility index (Phi) is 5.06. The van der Waals surface area contributed by atoms with Crippen molar-refractivity contribution in [3.8, 4) is 22.4 Å². The van der Waals surface area contributed by atoms with Gasteiger partial charge in [-0.05, 0) is 77.3 Å². The quantitative estimate of drug-likeness (QED) is 0.186. The third kappa shape index (κ3) is 3.75. The van der Waals surface area contributed by atoms with Gasteiger partial charge in [0.25, 0.3) is 0 Å². The van der Waals surface area contributed by atoms with E-state index in [0.29, 0.717) is 18.1 Å². The fraction of sp³-hybridized carbons (Fsp3) is 0.310. The standard InChI is InChI=1S/C29H26BrClN6/c30-27-25(35-29(37-27)24-12-17-11-22(17)33-24)15-5-3-14(4-6-15)16-7-8-18-19(10-16)20(31)13-23-26(18)36-28(34-23)21-2-1-9-32-21/h3-8,10,13,17,21-22,24,32-33H,1-2,9,11-12H2,(H,34,36)(H,35,37). The number of hydrogen-bond donors (Lipinski definition) is 4. The van der Waals surface area contributed by atoms with Crippen LogP contribution in [-0.2, 0) is 0 Å². The van der Waals surface area contributed by atoms with Gasteiger partial charge in [0.1, 0.15) is 21.9 Å². The third-order valence-electron chi connectivity index (χ3n) is 8.32. The van der Waals surface area contributed by atoms with E-state index in [0.717, 1.165) is 84.3 Å². The average molecular weight is 574 g/mol. The molecule has 8 heteroatoms. The number of rotatable bonds is 4. The van der Waals surface area contributed by atoms with Crippen LogP contribution < -0.4 is 10.6 Å². The molecule has 1 saturated carbocycles. The van der Waals surface area contributed by atoms with Gasteiger partial charge in [-0.25, -0.2) is 9.97 Å². The number of halogens is 2. The minimum Gasteiger partial charge on any atom is -0.341 e. The maximum absolute atomic E-state index is 6.77. The van der Waals surface area contributed by atoms with E-state index in [1.807, 2.05) is 6.07 Å². The van der Waals surface area contributed by atoms with Crippen molar-refractivity contribution in [1.82, 2.24) is 30.6 Å². The molecular formula is C29H26BrClN6. The minimum absolute atomic E-state index is 0.296. The van der Waals surface area contributed by atoms with Crippen molar-refractivity contribution in [1.29, 1.82) is 0 Å². The fourth-order valence-electron chi connectivity index (χ4n) is 6.21. The molecule has 3 aromatic carbocycles. The number of benzene rings is 3. The lowest BCUT2D eigenvalue weighted by Gasteiger charge is -2.09. The highest BCUT2D eigenvalue weighted by atomic mass is 79.9. The zero-order valence-electron chi connectivity index (χ0n) is 20.1. The van der Waals surface area contributed by atoms with Crippen LogP contribution in [0, 0.1) is 5.92 Å². The fourth-order valence-corrected chi connectivity index (χ4v) is 7.00. The van der Waals surface area contributed by atoms with Gasteiger partial charge in [-0.3, -0.25) is 0 Å². The Morgan fingerprint density at radius 1 is 0.838 bits per heavy atom. The molecule has 6 nitrogen and oxygen atoms in total. The highest BCUT2D eigenvalue weighted by molar-refractivity contribution is 9.10. The number of piperidine rings is 1. The van der Waals surface area contributed by atoms with Crippen molar-refractivity contribution in [3.05, 3.63) is 69.8 Å². The van der Waals surface area contributed by atoms with Crippen molar-refractivity contribution in [3.63, 3.8) is 0 Å². The van der Waals surface area contributed by atoms with Gasteiger partial charge in [0.2, 0.25) is 0 Å². The average Bonchev–Trinajstić information content (AvgIpc) is 3.45. The summed E-state index contributed by atoms with van der Waals surface area (Å²) < 4.78 is 0.935. The highest BCUT2D eigenvalue weighted by Gasteiger charge is 2.47. The summed E-state index contributed by atoms with van der Waals surface area (Å²) in [6.45, 7) is 1.04.